The molecule has 1 aliphatic rings. The molecule has 0 bridgehead atoms. The van der Waals surface area contributed by atoms with Gasteiger partial charge in [0.1, 0.15) is 17.4 Å². The predicted octanol–water partition coefficient (Wildman–Crippen LogP) is 1.62. The van der Waals surface area contributed by atoms with Gasteiger partial charge in [-0.25, -0.2) is 9.37 Å². The summed E-state index contributed by atoms with van der Waals surface area (Å²) in [7, 11) is 1.45. The van der Waals surface area contributed by atoms with Crippen LogP contribution < -0.4 is 10.1 Å². The standard InChI is InChI=1S/C18H22FN3O3/c1-11-20-16-9-12(3-6-17(16)22(11)7-8-23)21-18(24)14-5-4-13(25-2)10-15(14)19/h4-5,10,12,23H,3,6-9H2,1-2H3,(H,21,24). The number of nitrogens with zero attached hydrogens (tertiary/aromatic N) is 2. The van der Waals surface area contributed by atoms with Gasteiger partial charge < -0.3 is 19.7 Å². The largest absolute Gasteiger partial charge is 0.497 e. The lowest BCUT2D eigenvalue weighted by atomic mass is 9.95. The Morgan fingerprint density at radius 3 is 3.00 bits per heavy atom. The van der Waals surface area contributed by atoms with E-state index in [0.29, 0.717) is 18.7 Å². The number of aliphatic hydroxyl groups is 1. The number of imidazole rings is 1. The van der Waals surface area contributed by atoms with Crippen LogP contribution in [-0.4, -0.2) is 40.3 Å². The number of aryl methyl sites for hydroxylation is 1. The maximum Gasteiger partial charge on any atom is 0.254 e. The molecular weight excluding hydrogens is 325 g/mol. The SMILES string of the molecule is COc1ccc(C(=O)NC2CCc3c(nc(C)n3CCO)C2)c(F)c1. The van der Waals surface area contributed by atoms with Gasteiger partial charge in [0.25, 0.3) is 5.91 Å². The molecule has 7 heteroatoms. The minimum absolute atomic E-state index is 0.00795. The van der Waals surface area contributed by atoms with E-state index in [1.54, 1.807) is 6.07 Å². The van der Waals surface area contributed by atoms with Crippen molar-refractivity contribution in [3.63, 3.8) is 0 Å². The number of ether oxygens (including phenoxy) is 1. The number of amides is 1. The van der Waals surface area contributed by atoms with Crippen molar-refractivity contribution in [1.82, 2.24) is 14.9 Å². The third-order valence-electron chi connectivity index (χ3n) is 4.60. The molecule has 0 saturated heterocycles. The van der Waals surface area contributed by atoms with Crippen LogP contribution in [0.3, 0.4) is 0 Å². The number of nitrogens with one attached hydrogen (secondary N) is 1. The Hall–Kier alpha value is -2.41. The molecule has 1 aromatic carbocycles. The van der Waals surface area contributed by atoms with Crippen LogP contribution in [0.1, 0.15) is 34.0 Å². The lowest BCUT2D eigenvalue weighted by Gasteiger charge is -2.24. The number of rotatable bonds is 5. The fraction of sp³-hybridized carbons (Fsp3) is 0.444. The van der Waals surface area contributed by atoms with E-state index in [1.807, 2.05) is 11.5 Å². The second kappa shape index (κ2) is 7.23. The summed E-state index contributed by atoms with van der Waals surface area (Å²) >= 11 is 0. The average Bonchev–Trinajstić information content (AvgIpc) is 2.90. The van der Waals surface area contributed by atoms with Crippen molar-refractivity contribution >= 4 is 5.91 Å². The second-order valence-electron chi connectivity index (χ2n) is 6.19. The molecule has 1 heterocycles. The van der Waals surface area contributed by atoms with Gasteiger partial charge in [0, 0.05) is 30.8 Å². The van der Waals surface area contributed by atoms with Crippen molar-refractivity contribution in [3.8, 4) is 5.75 Å². The van der Waals surface area contributed by atoms with Crippen molar-refractivity contribution in [2.75, 3.05) is 13.7 Å². The van der Waals surface area contributed by atoms with Crippen LogP contribution in [0.5, 0.6) is 5.75 Å². The summed E-state index contributed by atoms with van der Waals surface area (Å²) in [6.07, 6.45) is 2.14. The van der Waals surface area contributed by atoms with E-state index in [0.717, 1.165) is 30.1 Å². The highest BCUT2D eigenvalue weighted by molar-refractivity contribution is 5.94. The Balaban J connectivity index is 1.71. The van der Waals surface area contributed by atoms with Gasteiger partial charge in [-0.2, -0.15) is 0 Å². The fourth-order valence-corrected chi connectivity index (χ4v) is 3.35. The third-order valence-corrected chi connectivity index (χ3v) is 4.60. The van der Waals surface area contributed by atoms with Gasteiger partial charge in [0.05, 0.1) is 25.0 Å². The molecule has 1 unspecified atom stereocenters. The van der Waals surface area contributed by atoms with E-state index >= 15 is 0 Å². The Morgan fingerprint density at radius 1 is 1.52 bits per heavy atom. The summed E-state index contributed by atoms with van der Waals surface area (Å²) in [5, 5.41) is 12.1. The highest BCUT2D eigenvalue weighted by Gasteiger charge is 2.26. The van der Waals surface area contributed by atoms with Crippen molar-refractivity contribution in [1.29, 1.82) is 0 Å². The van der Waals surface area contributed by atoms with Crippen molar-refractivity contribution < 1.29 is 19.0 Å². The molecule has 0 spiro atoms. The zero-order chi connectivity index (χ0) is 18.0. The zero-order valence-corrected chi connectivity index (χ0v) is 14.4. The van der Waals surface area contributed by atoms with Crippen LogP contribution >= 0.6 is 0 Å². The molecule has 2 aromatic rings. The Kier molecular flexibility index (Phi) is 5.03. The number of fused-ring (bicyclic) bond motifs is 1. The quantitative estimate of drug-likeness (QED) is 0.862. The Morgan fingerprint density at radius 2 is 2.32 bits per heavy atom. The number of carbonyl (C=O) groups is 1. The number of halogens is 1. The molecule has 0 aliphatic heterocycles. The second-order valence-corrected chi connectivity index (χ2v) is 6.19. The minimum Gasteiger partial charge on any atom is -0.497 e. The summed E-state index contributed by atoms with van der Waals surface area (Å²) in [4.78, 5) is 16.9. The maximum atomic E-state index is 14.0. The number of benzene rings is 1. The summed E-state index contributed by atoms with van der Waals surface area (Å²) < 4.78 is 21.0. The number of hydrogen-bond acceptors (Lipinski definition) is 4. The molecule has 1 aliphatic carbocycles. The Labute approximate surface area is 145 Å². The lowest BCUT2D eigenvalue weighted by Crippen LogP contribution is -2.39. The number of carbonyl (C=O) groups excluding carboxylic acids is 1. The van der Waals surface area contributed by atoms with Crippen molar-refractivity contribution in [2.24, 2.45) is 0 Å². The molecular formula is C18H22FN3O3. The number of aliphatic hydroxyl groups excluding tert-OH is 1. The minimum atomic E-state index is -0.601. The van der Waals surface area contributed by atoms with Gasteiger partial charge in [0.2, 0.25) is 0 Å². The summed E-state index contributed by atoms with van der Waals surface area (Å²) in [6.45, 7) is 2.51. The smallest absolute Gasteiger partial charge is 0.254 e. The van der Waals surface area contributed by atoms with E-state index in [9.17, 15) is 14.3 Å². The highest BCUT2D eigenvalue weighted by Crippen LogP contribution is 2.23. The molecule has 0 radical (unpaired) electrons. The van der Waals surface area contributed by atoms with Gasteiger partial charge in [0.15, 0.2) is 0 Å². The van der Waals surface area contributed by atoms with Crippen LogP contribution in [0.2, 0.25) is 0 Å². The molecule has 6 nitrogen and oxygen atoms in total. The van der Waals surface area contributed by atoms with Gasteiger partial charge in [-0.3, -0.25) is 4.79 Å². The van der Waals surface area contributed by atoms with Crippen LogP contribution in [0.15, 0.2) is 18.2 Å². The Bertz CT molecular complexity index is 788. The molecule has 1 amide bonds. The number of aromatic nitrogens is 2. The monoisotopic (exact) mass is 347 g/mol. The third kappa shape index (κ3) is 3.51. The lowest BCUT2D eigenvalue weighted by molar-refractivity contribution is 0.0929. The molecule has 25 heavy (non-hydrogen) atoms. The maximum absolute atomic E-state index is 14.0. The first-order valence-electron chi connectivity index (χ1n) is 8.33. The van der Waals surface area contributed by atoms with Crippen LogP contribution in [0, 0.1) is 12.7 Å². The molecule has 0 fully saturated rings. The summed E-state index contributed by atoms with van der Waals surface area (Å²) in [6, 6.07) is 4.11. The van der Waals surface area contributed by atoms with Crippen LogP contribution in [0.4, 0.5) is 4.39 Å². The van der Waals surface area contributed by atoms with Crippen molar-refractivity contribution in [3.05, 3.63) is 46.8 Å². The topological polar surface area (TPSA) is 76.4 Å². The van der Waals surface area contributed by atoms with E-state index in [-0.39, 0.29) is 18.2 Å². The van der Waals surface area contributed by atoms with Gasteiger partial charge in [-0.15, -0.1) is 0 Å². The normalized spacial score (nSPS) is 16.4. The summed E-state index contributed by atoms with van der Waals surface area (Å²) in [5.41, 5.74) is 2.07. The van der Waals surface area contributed by atoms with Crippen LogP contribution in [0.25, 0.3) is 0 Å². The first kappa shape index (κ1) is 17.4. The highest BCUT2D eigenvalue weighted by atomic mass is 19.1. The van der Waals surface area contributed by atoms with Gasteiger partial charge in [-0.05, 0) is 31.9 Å². The number of hydrogen-bond donors (Lipinski definition) is 2. The first-order valence-corrected chi connectivity index (χ1v) is 8.33. The van der Waals surface area contributed by atoms with Gasteiger partial charge in [-0.1, -0.05) is 0 Å². The number of methoxy groups -OCH3 is 1. The van der Waals surface area contributed by atoms with Gasteiger partial charge >= 0.3 is 0 Å². The van der Waals surface area contributed by atoms with Crippen LogP contribution in [-0.2, 0) is 19.4 Å². The molecule has 0 saturated carbocycles. The predicted molar refractivity (Wildman–Crippen MR) is 90.3 cm³/mol. The molecule has 1 atom stereocenters. The van der Waals surface area contributed by atoms with E-state index in [1.165, 1.54) is 19.2 Å². The molecule has 3 rings (SSSR count). The van der Waals surface area contributed by atoms with Crippen molar-refractivity contribution in [2.45, 2.75) is 38.8 Å². The van der Waals surface area contributed by atoms with E-state index in [4.69, 9.17) is 4.74 Å². The van der Waals surface area contributed by atoms with E-state index in [2.05, 4.69) is 10.3 Å². The fourth-order valence-electron chi connectivity index (χ4n) is 3.35. The van der Waals surface area contributed by atoms with E-state index < -0.39 is 11.7 Å². The first-order chi connectivity index (χ1) is 12.0. The average molecular weight is 347 g/mol. The zero-order valence-electron chi connectivity index (χ0n) is 14.4. The molecule has 1 aromatic heterocycles. The summed E-state index contributed by atoms with van der Waals surface area (Å²) in [5.74, 6) is 0.213. The molecule has 134 valence electrons. The molecule has 2 N–H and O–H groups in total.